The molecule has 0 spiro atoms. The first kappa shape index (κ1) is 37.0. The van der Waals surface area contributed by atoms with Gasteiger partial charge in [0.1, 0.15) is 0 Å². The van der Waals surface area contributed by atoms with Crippen LogP contribution in [-0.4, -0.2) is 8.80 Å². The Labute approximate surface area is 275 Å². The monoisotopic (exact) mass is 644 g/mol. The summed E-state index contributed by atoms with van der Waals surface area (Å²) >= 11 is 2.55. The molecule has 1 aliphatic carbocycles. The van der Waals surface area contributed by atoms with Crippen LogP contribution in [0.15, 0.2) is 95.6 Å². The van der Waals surface area contributed by atoms with Gasteiger partial charge in [0, 0.05) is 0 Å². The van der Waals surface area contributed by atoms with Gasteiger partial charge in [-0.3, -0.25) is 0 Å². The van der Waals surface area contributed by atoms with Crippen LogP contribution in [0.25, 0.3) is 5.57 Å². The molecule has 0 aromatic heterocycles. The van der Waals surface area contributed by atoms with Crippen molar-refractivity contribution >= 4 is 24.7 Å². The molecule has 3 aromatic rings. The van der Waals surface area contributed by atoms with Crippen LogP contribution in [0.1, 0.15) is 77.0 Å². The maximum Gasteiger partial charge on any atom is -1.00 e. The Hall–Kier alpha value is -1.06. The molecule has 0 saturated carbocycles. The van der Waals surface area contributed by atoms with E-state index in [9.17, 15) is 0 Å². The molecule has 1 aliphatic rings. The number of allylic oxidation sites excluding steroid dienone is 4. The molecular weight excluding hydrogens is 603 g/mol. The summed E-state index contributed by atoms with van der Waals surface area (Å²) in [6, 6.07) is 31.5. The van der Waals surface area contributed by atoms with Gasteiger partial charge >= 0.3 is 240 Å². The van der Waals surface area contributed by atoms with Gasteiger partial charge in [-0.05, 0) is 0 Å². The van der Waals surface area contributed by atoms with E-state index < -0.39 is 8.80 Å². The quantitative estimate of drug-likeness (QED) is 0.241. The molecule has 3 aromatic carbocycles. The zero-order valence-electron chi connectivity index (χ0n) is 24.7. The zero-order valence-corrected chi connectivity index (χ0v) is 29.7. The van der Waals surface area contributed by atoms with Crippen LogP contribution in [0.3, 0.4) is 0 Å². The van der Waals surface area contributed by atoms with E-state index in [1.165, 1.54) is 72.4 Å². The van der Waals surface area contributed by atoms with Crippen molar-refractivity contribution in [1.82, 2.24) is 0 Å². The van der Waals surface area contributed by atoms with E-state index in [-0.39, 0.29) is 40.9 Å². The number of halogens is 3. The standard InChI is InChI=1S/C35H43Si.3ClH.Ti/c1-6-8-16-29-22-30(17-9-7-2)24-31(23-29)35-28(5)26(3)27(4)34(35)25-36(32-18-12-10-13-19-32)33-20-14-11-15-21-33;;;;/h10-15,18-24,36H,6-9,16-17,25H2,1-5H3;3*1H;/q;;;;+3/p-3. The molecule has 40 heavy (non-hydrogen) atoms. The van der Waals surface area contributed by atoms with Gasteiger partial charge in [-0.2, -0.15) is 0 Å². The molecule has 0 aliphatic heterocycles. The third-order valence-electron chi connectivity index (χ3n) is 8.46. The number of rotatable bonds is 11. The SMILES string of the molecule is CCCCc1cc(CCCC)cc(C2=C(C)C(C)=C(C)[C]2([Ti+3])C[SiH](c2ccccc2)c2ccccc2)c1.[Cl-].[Cl-].[Cl-]. The Morgan fingerprint density at radius 1 is 0.650 bits per heavy atom. The normalized spacial score (nSPS) is 16.5. The van der Waals surface area contributed by atoms with Crippen LogP contribution in [0.2, 0.25) is 9.76 Å². The van der Waals surface area contributed by atoms with Crippen molar-refractivity contribution in [2.24, 2.45) is 0 Å². The van der Waals surface area contributed by atoms with E-state index in [0.29, 0.717) is 0 Å². The average Bonchev–Trinajstić information content (AvgIpc) is 3.09. The first-order valence-corrected chi connectivity index (χ1v) is 17.0. The van der Waals surface area contributed by atoms with E-state index in [2.05, 4.69) is 134 Å². The summed E-state index contributed by atoms with van der Waals surface area (Å²) in [5.74, 6) is 0. The van der Waals surface area contributed by atoms with Gasteiger partial charge in [0.2, 0.25) is 0 Å². The van der Waals surface area contributed by atoms with E-state index >= 15 is 0 Å². The fraction of sp³-hybridized carbons (Fsp3) is 0.371. The Balaban J connectivity index is 0.00000267. The van der Waals surface area contributed by atoms with Crippen molar-refractivity contribution in [2.75, 3.05) is 0 Å². The minimum atomic E-state index is -1.46. The summed E-state index contributed by atoms with van der Waals surface area (Å²) in [4.78, 5) is 0. The van der Waals surface area contributed by atoms with Crippen LogP contribution in [-0.2, 0) is 33.3 Å². The van der Waals surface area contributed by atoms with Crippen LogP contribution >= 0.6 is 0 Å². The minimum absolute atomic E-state index is 0. The molecule has 0 fully saturated rings. The second-order valence-corrected chi connectivity index (χ2v) is 15.2. The molecule has 0 saturated heterocycles. The van der Waals surface area contributed by atoms with Crippen molar-refractivity contribution in [2.45, 2.75) is 82.9 Å². The van der Waals surface area contributed by atoms with Gasteiger partial charge in [0.25, 0.3) is 0 Å². The van der Waals surface area contributed by atoms with Gasteiger partial charge in [0.05, 0.1) is 0 Å². The molecule has 5 heteroatoms. The second kappa shape index (κ2) is 17.2. The summed E-state index contributed by atoms with van der Waals surface area (Å²) < 4.78 is 0.0438. The molecule has 1 unspecified atom stereocenters. The van der Waals surface area contributed by atoms with Gasteiger partial charge < -0.3 is 37.2 Å². The van der Waals surface area contributed by atoms with Gasteiger partial charge in [-0.25, -0.2) is 0 Å². The van der Waals surface area contributed by atoms with Gasteiger partial charge in [-0.1, -0.05) is 0 Å². The van der Waals surface area contributed by atoms with Crippen molar-refractivity contribution in [3.63, 3.8) is 0 Å². The summed E-state index contributed by atoms with van der Waals surface area (Å²) in [7, 11) is -1.46. The van der Waals surface area contributed by atoms with Gasteiger partial charge in [-0.15, -0.1) is 0 Å². The molecule has 0 amide bonds. The summed E-state index contributed by atoms with van der Waals surface area (Å²) in [6.07, 6.45) is 7.38. The Bertz CT molecular complexity index is 1200. The van der Waals surface area contributed by atoms with Crippen molar-refractivity contribution in [3.05, 3.63) is 112 Å². The topological polar surface area (TPSA) is 0 Å². The Morgan fingerprint density at radius 2 is 1.10 bits per heavy atom. The summed E-state index contributed by atoms with van der Waals surface area (Å²) in [5.41, 5.74) is 10.7. The molecule has 4 rings (SSSR count). The fourth-order valence-electron chi connectivity index (χ4n) is 6.08. The average molecular weight is 646 g/mol. The largest absolute Gasteiger partial charge is 1.00 e. The minimum Gasteiger partial charge on any atom is -1.00 e. The van der Waals surface area contributed by atoms with E-state index in [1.54, 1.807) is 21.5 Å². The van der Waals surface area contributed by atoms with Gasteiger partial charge in [0.15, 0.2) is 0 Å². The molecule has 0 heterocycles. The molecule has 212 valence electrons. The van der Waals surface area contributed by atoms with E-state index in [4.69, 9.17) is 0 Å². The van der Waals surface area contributed by atoms with Crippen LogP contribution < -0.4 is 47.6 Å². The first-order valence-electron chi connectivity index (χ1n) is 14.3. The molecular formula is C35H43Cl3SiTi. The number of hydrogen-bond donors (Lipinski definition) is 0. The predicted molar refractivity (Wildman–Crippen MR) is 161 cm³/mol. The molecule has 0 N–H and O–H groups in total. The van der Waals surface area contributed by atoms with Crippen LogP contribution in [0.4, 0.5) is 0 Å². The molecule has 0 bridgehead atoms. The predicted octanol–water partition coefficient (Wildman–Crippen LogP) is -0.746. The van der Waals surface area contributed by atoms with Crippen LogP contribution in [0.5, 0.6) is 0 Å². The molecule has 0 nitrogen and oxygen atoms in total. The smallest absolute Gasteiger partial charge is 1.00 e. The number of hydrogen-bond acceptors (Lipinski definition) is 0. The fourth-order valence-corrected chi connectivity index (χ4v) is 11.2. The van der Waals surface area contributed by atoms with E-state index in [1.807, 2.05) is 0 Å². The summed E-state index contributed by atoms with van der Waals surface area (Å²) in [5, 5.41) is 3.09. The van der Waals surface area contributed by atoms with E-state index in [0.717, 1.165) is 0 Å². The number of benzene rings is 3. The van der Waals surface area contributed by atoms with Crippen LogP contribution in [0, 0.1) is 0 Å². The summed E-state index contributed by atoms with van der Waals surface area (Å²) in [6.45, 7) is 11.8. The third-order valence-corrected chi connectivity index (χ3v) is 13.8. The maximum atomic E-state index is 2.55. The first-order chi connectivity index (χ1) is 17.9. The maximum absolute atomic E-state index is 2.55. The number of unbranched alkanes of at least 4 members (excludes halogenated alkanes) is 2. The van der Waals surface area contributed by atoms with Crippen molar-refractivity contribution < 1.29 is 57.7 Å². The Morgan fingerprint density at radius 3 is 1.52 bits per heavy atom. The second-order valence-electron chi connectivity index (χ2n) is 11.0. The molecule has 0 radical (unpaired) electrons. The molecule has 1 atom stereocenters. The zero-order chi connectivity index (χ0) is 26.4. The van der Waals surface area contributed by atoms with Crippen molar-refractivity contribution in [3.8, 4) is 0 Å². The Kier molecular flexibility index (Phi) is 15.9. The van der Waals surface area contributed by atoms with Crippen molar-refractivity contribution in [1.29, 1.82) is 0 Å². The number of aryl methyl sites for hydroxylation is 2. The third kappa shape index (κ3) is 8.27.